The molecule has 2 aromatic carbocycles. The molecule has 2 aromatic heterocycles. The van der Waals surface area contributed by atoms with Gasteiger partial charge in [-0.2, -0.15) is 0 Å². The maximum Gasteiger partial charge on any atom is 0.252 e. The van der Waals surface area contributed by atoms with Crippen LogP contribution in [0.25, 0.3) is 10.9 Å². The predicted molar refractivity (Wildman–Crippen MR) is 139 cm³/mol. The van der Waals surface area contributed by atoms with Crippen molar-refractivity contribution in [2.24, 2.45) is 0 Å². The minimum absolute atomic E-state index is 0.0829. The van der Waals surface area contributed by atoms with Crippen molar-refractivity contribution in [2.75, 3.05) is 39.4 Å². The lowest BCUT2D eigenvalue weighted by atomic mass is 10.1. The fourth-order valence-electron chi connectivity index (χ4n) is 4.71. The van der Waals surface area contributed by atoms with Crippen molar-refractivity contribution in [3.63, 3.8) is 0 Å². The summed E-state index contributed by atoms with van der Waals surface area (Å²) in [5, 5.41) is 13.3. The van der Waals surface area contributed by atoms with Crippen LogP contribution in [0.15, 0.2) is 53.3 Å². The number of nitrogens with zero attached hydrogens (tertiary/aromatic N) is 6. The molecule has 1 N–H and O–H groups in total. The second kappa shape index (κ2) is 11.7. The molecular formula is C27H32FN7O2. The van der Waals surface area contributed by atoms with Gasteiger partial charge >= 0.3 is 0 Å². The number of ether oxygens (including phenoxy) is 1. The van der Waals surface area contributed by atoms with E-state index in [1.807, 2.05) is 25.1 Å². The van der Waals surface area contributed by atoms with Crippen LogP contribution in [0, 0.1) is 12.7 Å². The van der Waals surface area contributed by atoms with Crippen molar-refractivity contribution in [1.29, 1.82) is 0 Å². The number of H-pyrrole nitrogens is 1. The molecule has 0 aliphatic carbocycles. The van der Waals surface area contributed by atoms with E-state index in [0.717, 1.165) is 67.8 Å². The van der Waals surface area contributed by atoms with E-state index >= 15 is 0 Å². The second-order valence-corrected chi connectivity index (χ2v) is 9.61. The Hall–Kier alpha value is -3.47. The molecule has 0 atom stereocenters. The van der Waals surface area contributed by atoms with E-state index in [4.69, 9.17) is 4.74 Å². The van der Waals surface area contributed by atoms with Crippen LogP contribution in [0.4, 0.5) is 4.39 Å². The van der Waals surface area contributed by atoms with Crippen LogP contribution in [0.1, 0.15) is 28.9 Å². The normalized spacial score (nSPS) is 14.6. The highest BCUT2D eigenvalue weighted by molar-refractivity contribution is 5.79. The maximum atomic E-state index is 13.3. The molecule has 37 heavy (non-hydrogen) atoms. The Labute approximate surface area is 214 Å². The van der Waals surface area contributed by atoms with Gasteiger partial charge in [-0.3, -0.25) is 14.6 Å². The average molecular weight is 506 g/mol. The van der Waals surface area contributed by atoms with Gasteiger partial charge in [-0.05, 0) is 71.6 Å². The first kappa shape index (κ1) is 25.2. The molecule has 1 saturated heterocycles. The van der Waals surface area contributed by atoms with Crippen LogP contribution in [0.3, 0.4) is 0 Å². The van der Waals surface area contributed by atoms with Crippen LogP contribution in [-0.2, 0) is 24.4 Å². The highest BCUT2D eigenvalue weighted by Crippen LogP contribution is 2.16. The smallest absolute Gasteiger partial charge is 0.252 e. The molecule has 0 amide bonds. The molecule has 1 aliphatic heterocycles. The zero-order valence-electron chi connectivity index (χ0n) is 21.1. The van der Waals surface area contributed by atoms with Crippen LogP contribution < -0.4 is 5.56 Å². The number of pyridine rings is 1. The molecule has 1 aliphatic rings. The molecule has 3 heterocycles. The summed E-state index contributed by atoms with van der Waals surface area (Å²) in [7, 11) is 0. The SMILES string of the molecule is Cc1ccc2[nH]c(=O)c(CN(CCCN3CCOCC3)Cc3nnnn3Cc3ccc(F)cc3)cc2c1. The second-order valence-electron chi connectivity index (χ2n) is 9.61. The summed E-state index contributed by atoms with van der Waals surface area (Å²) in [6.07, 6.45) is 0.949. The molecule has 0 unspecified atom stereocenters. The Morgan fingerprint density at radius 3 is 2.70 bits per heavy atom. The van der Waals surface area contributed by atoms with E-state index in [9.17, 15) is 9.18 Å². The topological polar surface area (TPSA) is 92.2 Å². The quantitative estimate of drug-likeness (QED) is 0.354. The minimum atomic E-state index is -0.275. The lowest BCUT2D eigenvalue weighted by molar-refractivity contribution is 0.0358. The van der Waals surface area contributed by atoms with Gasteiger partial charge in [0.05, 0.1) is 26.3 Å². The molecule has 194 valence electrons. The molecule has 0 spiro atoms. The first-order chi connectivity index (χ1) is 18.0. The van der Waals surface area contributed by atoms with Gasteiger partial charge in [-0.25, -0.2) is 9.07 Å². The Morgan fingerprint density at radius 1 is 1.08 bits per heavy atom. The number of tetrazole rings is 1. The summed E-state index contributed by atoms with van der Waals surface area (Å²) >= 11 is 0. The first-order valence-corrected chi connectivity index (χ1v) is 12.7. The van der Waals surface area contributed by atoms with E-state index in [1.165, 1.54) is 12.1 Å². The number of hydrogen-bond donors (Lipinski definition) is 1. The molecule has 0 saturated carbocycles. The Bertz CT molecular complexity index is 1380. The molecule has 5 rings (SSSR count). The standard InChI is InChI=1S/C27H32FN7O2/c1-20-3-8-25-22(15-20)16-23(27(36)29-25)18-34(10-2-9-33-11-13-37-14-12-33)19-26-30-31-32-35(26)17-21-4-6-24(28)7-5-21/h3-8,15-16H,2,9-14,17-19H2,1H3,(H,29,36). The number of aryl methyl sites for hydroxylation is 1. The maximum absolute atomic E-state index is 13.3. The van der Waals surface area contributed by atoms with Crippen LogP contribution in [0.5, 0.6) is 0 Å². The number of rotatable bonds is 10. The van der Waals surface area contributed by atoms with Gasteiger partial charge in [0, 0.05) is 37.3 Å². The van der Waals surface area contributed by atoms with Crippen LogP contribution in [-0.4, -0.2) is 74.4 Å². The van der Waals surface area contributed by atoms with E-state index in [-0.39, 0.29) is 11.4 Å². The van der Waals surface area contributed by atoms with Gasteiger partial charge in [-0.15, -0.1) is 5.10 Å². The van der Waals surface area contributed by atoms with Crippen molar-refractivity contribution in [2.45, 2.75) is 33.0 Å². The van der Waals surface area contributed by atoms with Crippen LogP contribution >= 0.6 is 0 Å². The summed E-state index contributed by atoms with van der Waals surface area (Å²) in [6, 6.07) is 14.3. The highest BCUT2D eigenvalue weighted by atomic mass is 19.1. The average Bonchev–Trinajstić information content (AvgIpc) is 3.33. The molecule has 1 fully saturated rings. The summed E-state index contributed by atoms with van der Waals surface area (Å²) in [6.45, 7) is 8.64. The van der Waals surface area contributed by atoms with Crippen molar-refractivity contribution < 1.29 is 9.13 Å². The van der Waals surface area contributed by atoms with E-state index < -0.39 is 0 Å². The third kappa shape index (κ3) is 6.65. The minimum Gasteiger partial charge on any atom is -0.379 e. The molecule has 0 radical (unpaired) electrons. The molecule has 9 nitrogen and oxygen atoms in total. The largest absolute Gasteiger partial charge is 0.379 e. The highest BCUT2D eigenvalue weighted by Gasteiger charge is 2.17. The third-order valence-corrected chi connectivity index (χ3v) is 6.74. The first-order valence-electron chi connectivity index (χ1n) is 12.7. The number of fused-ring (bicyclic) bond motifs is 1. The van der Waals surface area contributed by atoms with Gasteiger partial charge in [0.25, 0.3) is 5.56 Å². The lowest BCUT2D eigenvalue weighted by Gasteiger charge is -2.28. The molecular weight excluding hydrogens is 473 g/mol. The summed E-state index contributed by atoms with van der Waals surface area (Å²) in [4.78, 5) is 20.6. The number of aromatic nitrogens is 5. The summed E-state index contributed by atoms with van der Waals surface area (Å²) in [5.74, 6) is 0.423. The number of nitrogens with one attached hydrogen (secondary N) is 1. The number of aromatic amines is 1. The molecule has 4 aromatic rings. The third-order valence-electron chi connectivity index (χ3n) is 6.74. The number of morpholine rings is 1. The van der Waals surface area contributed by atoms with E-state index in [1.54, 1.807) is 16.8 Å². The lowest BCUT2D eigenvalue weighted by Crippen LogP contribution is -2.38. The van der Waals surface area contributed by atoms with Gasteiger partial charge in [0.1, 0.15) is 5.82 Å². The summed E-state index contributed by atoms with van der Waals surface area (Å²) in [5.41, 5.74) is 3.52. The zero-order chi connectivity index (χ0) is 25.6. The van der Waals surface area contributed by atoms with Crippen molar-refractivity contribution in [3.8, 4) is 0 Å². The fraction of sp³-hybridized carbons (Fsp3) is 0.407. The Kier molecular flexibility index (Phi) is 7.98. The number of benzene rings is 2. The Morgan fingerprint density at radius 2 is 1.89 bits per heavy atom. The summed E-state index contributed by atoms with van der Waals surface area (Å²) < 4.78 is 20.5. The van der Waals surface area contributed by atoms with Gasteiger partial charge < -0.3 is 9.72 Å². The van der Waals surface area contributed by atoms with E-state index in [2.05, 4.69) is 36.4 Å². The fourth-order valence-corrected chi connectivity index (χ4v) is 4.71. The zero-order valence-corrected chi connectivity index (χ0v) is 21.1. The van der Waals surface area contributed by atoms with Crippen LogP contribution in [0.2, 0.25) is 0 Å². The number of hydrogen-bond acceptors (Lipinski definition) is 7. The molecule has 0 bridgehead atoms. The van der Waals surface area contributed by atoms with Crippen molar-refractivity contribution in [1.82, 2.24) is 35.0 Å². The van der Waals surface area contributed by atoms with Gasteiger partial charge in [-0.1, -0.05) is 23.8 Å². The van der Waals surface area contributed by atoms with E-state index in [0.29, 0.717) is 31.0 Å². The van der Waals surface area contributed by atoms with Crippen molar-refractivity contribution in [3.05, 3.63) is 87.2 Å². The van der Waals surface area contributed by atoms with Crippen molar-refractivity contribution >= 4 is 10.9 Å². The molecule has 10 heteroatoms. The predicted octanol–water partition coefficient (Wildman–Crippen LogP) is 2.73. The Balaban J connectivity index is 1.34. The monoisotopic (exact) mass is 505 g/mol. The number of halogens is 1. The van der Waals surface area contributed by atoms with Gasteiger partial charge in [0.15, 0.2) is 5.82 Å². The van der Waals surface area contributed by atoms with Gasteiger partial charge in [0.2, 0.25) is 0 Å².